The van der Waals surface area contributed by atoms with Gasteiger partial charge in [-0.2, -0.15) is 0 Å². The highest BCUT2D eigenvalue weighted by molar-refractivity contribution is 6.33. The second-order valence-electron chi connectivity index (χ2n) is 10.4. The van der Waals surface area contributed by atoms with E-state index in [1.165, 1.54) is 0 Å². The zero-order valence-corrected chi connectivity index (χ0v) is 21.6. The average Bonchev–Trinajstić information content (AvgIpc) is 3.29. The van der Waals surface area contributed by atoms with Crippen molar-refractivity contribution in [2.24, 2.45) is 0 Å². The Kier molecular flexibility index (Phi) is 5.69. The molecule has 7 heteroatoms. The summed E-state index contributed by atoms with van der Waals surface area (Å²) < 4.78 is 2.16. The molecule has 0 atom stereocenters. The van der Waals surface area contributed by atoms with Gasteiger partial charge in [-0.05, 0) is 32.0 Å². The molecule has 2 fully saturated rings. The maximum Gasteiger partial charge on any atom is 0.155 e. The summed E-state index contributed by atoms with van der Waals surface area (Å²) in [6.07, 6.45) is 6.06. The first-order chi connectivity index (χ1) is 18.1. The van der Waals surface area contributed by atoms with Gasteiger partial charge in [-0.1, -0.05) is 60.1 Å². The lowest BCUT2D eigenvalue weighted by Crippen LogP contribution is -2.52. The monoisotopic (exact) mass is 508 g/mol. The predicted octanol–water partition coefficient (Wildman–Crippen LogP) is 5.76. The topological polar surface area (TPSA) is 49.6 Å². The summed E-state index contributed by atoms with van der Waals surface area (Å²) in [5.41, 5.74) is 5.78. The Morgan fingerprint density at radius 2 is 1.65 bits per heavy atom. The number of aromatic nitrogens is 4. The summed E-state index contributed by atoms with van der Waals surface area (Å²) in [5.74, 6) is 1.51. The molecular formula is C30H29ClN6. The van der Waals surface area contributed by atoms with Crippen molar-refractivity contribution >= 4 is 28.0 Å². The quantitative estimate of drug-likeness (QED) is 0.309. The standard InChI is InChI=1S/C30H29ClN6/c1-35-13-15-36(16-14-35)24-17-23(18-24)30-34-27(28-29(31)32-11-12-37(28)30)22-8-7-21-9-10-25(33-26(21)19-22)20-5-3-2-4-6-20/h2-12,19,23-24H,13-18H2,1H3. The van der Waals surface area contributed by atoms with E-state index in [1.807, 2.05) is 24.4 Å². The van der Waals surface area contributed by atoms with Gasteiger partial charge in [0.1, 0.15) is 11.3 Å². The Bertz CT molecular complexity index is 1580. The minimum Gasteiger partial charge on any atom is -0.304 e. The predicted molar refractivity (Wildman–Crippen MR) is 149 cm³/mol. The van der Waals surface area contributed by atoms with Crippen molar-refractivity contribution < 1.29 is 0 Å². The van der Waals surface area contributed by atoms with Gasteiger partial charge in [-0.25, -0.2) is 15.0 Å². The Hall–Kier alpha value is -3.32. The van der Waals surface area contributed by atoms with Crippen LogP contribution in [0.1, 0.15) is 24.6 Å². The fourth-order valence-corrected chi connectivity index (χ4v) is 6.07. The second-order valence-corrected chi connectivity index (χ2v) is 10.7. The van der Waals surface area contributed by atoms with Gasteiger partial charge in [0.15, 0.2) is 5.15 Å². The Morgan fingerprint density at radius 3 is 2.46 bits per heavy atom. The minimum absolute atomic E-state index is 0.424. The summed E-state index contributed by atoms with van der Waals surface area (Å²) in [6, 6.07) is 21.5. The van der Waals surface area contributed by atoms with Gasteiger partial charge in [0.2, 0.25) is 0 Å². The van der Waals surface area contributed by atoms with Gasteiger partial charge in [-0.15, -0.1) is 0 Å². The molecule has 2 aliphatic rings. The van der Waals surface area contributed by atoms with Crippen molar-refractivity contribution in [2.75, 3.05) is 33.2 Å². The van der Waals surface area contributed by atoms with Crippen LogP contribution in [0.2, 0.25) is 5.15 Å². The highest BCUT2D eigenvalue weighted by Gasteiger charge is 2.38. The lowest BCUT2D eigenvalue weighted by molar-refractivity contribution is 0.0586. The number of rotatable bonds is 4. The Balaban J connectivity index is 1.24. The number of benzene rings is 2. The molecule has 3 aromatic heterocycles. The molecule has 0 N–H and O–H groups in total. The molecule has 0 bridgehead atoms. The maximum atomic E-state index is 6.68. The molecule has 1 aliphatic carbocycles. The van der Waals surface area contributed by atoms with E-state index >= 15 is 0 Å². The van der Waals surface area contributed by atoms with E-state index < -0.39 is 0 Å². The third-order valence-corrected chi connectivity index (χ3v) is 8.38. The Labute approximate surface area is 221 Å². The molecule has 2 aromatic carbocycles. The minimum atomic E-state index is 0.424. The van der Waals surface area contributed by atoms with Gasteiger partial charge in [0, 0.05) is 67.0 Å². The molecule has 0 unspecified atom stereocenters. The number of piperazine rings is 1. The molecule has 0 radical (unpaired) electrons. The van der Waals surface area contributed by atoms with Gasteiger partial charge in [0.25, 0.3) is 0 Å². The number of likely N-dealkylation sites (N-methyl/N-ethyl adjacent to an activating group) is 1. The van der Waals surface area contributed by atoms with Crippen molar-refractivity contribution in [3.63, 3.8) is 0 Å². The largest absolute Gasteiger partial charge is 0.304 e. The second kappa shape index (κ2) is 9.21. The van der Waals surface area contributed by atoms with E-state index in [9.17, 15) is 0 Å². The van der Waals surface area contributed by atoms with E-state index in [2.05, 4.69) is 68.7 Å². The smallest absolute Gasteiger partial charge is 0.155 e. The highest BCUT2D eigenvalue weighted by atomic mass is 35.5. The summed E-state index contributed by atoms with van der Waals surface area (Å²) in [4.78, 5) is 19.6. The SMILES string of the molecule is CN1CCN(C2CC(c3nc(-c4ccc5ccc(-c6ccccc6)nc5c4)c4c(Cl)nccn34)C2)CC1. The van der Waals surface area contributed by atoms with Gasteiger partial charge in [-0.3, -0.25) is 9.30 Å². The van der Waals surface area contributed by atoms with Crippen LogP contribution in [0.3, 0.4) is 0 Å². The zero-order chi connectivity index (χ0) is 24.9. The van der Waals surface area contributed by atoms with Crippen molar-refractivity contribution in [1.82, 2.24) is 29.2 Å². The molecule has 186 valence electrons. The molecule has 37 heavy (non-hydrogen) atoms. The maximum absolute atomic E-state index is 6.68. The van der Waals surface area contributed by atoms with Crippen LogP contribution in [0.25, 0.3) is 38.9 Å². The van der Waals surface area contributed by atoms with E-state index in [0.29, 0.717) is 17.1 Å². The lowest BCUT2D eigenvalue weighted by atomic mass is 9.78. The van der Waals surface area contributed by atoms with E-state index in [0.717, 1.165) is 83.8 Å². The van der Waals surface area contributed by atoms with Crippen molar-refractivity contribution in [3.8, 4) is 22.5 Å². The van der Waals surface area contributed by atoms with Crippen LogP contribution in [0.4, 0.5) is 0 Å². The molecule has 0 spiro atoms. The molecule has 1 saturated carbocycles. The first-order valence-electron chi connectivity index (χ1n) is 13.1. The van der Waals surface area contributed by atoms with Crippen LogP contribution in [0, 0.1) is 0 Å². The van der Waals surface area contributed by atoms with Crippen LogP contribution >= 0.6 is 11.6 Å². The lowest BCUT2D eigenvalue weighted by Gasteiger charge is -2.45. The van der Waals surface area contributed by atoms with Crippen molar-refractivity contribution in [2.45, 2.75) is 24.8 Å². The van der Waals surface area contributed by atoms with Crippen molar-refractivity contribution in [1.29, 1.82) is 0 Å². The number of pyridine rings is 1. The first-order valence-corrected chi connectivity index (χ1v) is 13.4. The van der Waals surface area contributed by atoms with E-state index in [-0.39, 0.29) is 0 Å². The third kappa shape index (κ3) is 4.09. The molecule has 4 heterocycles. The fraction of sp³-hybridized carbons (Fsp3) is 0.300. The zero-order valence-electron chi connectivity index (χ0n) is 20.9. The molecule has 0 amide bonds. The number of hydrogen-bond acceptors (Lipinski definition) is 5. The average molecular weight is 509 g/mol. The normalized spacial score (nSPS) is 20.9. The summed E-state index contributed by atoms with van der Waals surface area (Å²) in [6.45, 7) is 4.63. The Morgan fingerprint density at radius 1 is 0.865 bits per heavy atom. The van der Waals surface area contributed by atoms with Gasteiger partial charge in [0.05, 0.1) is 16.9 Å². The first kappa shape index (κ1) is 22.8. The van der Waals surface area contributed by atoms with Crippen LogP contribution < -0.4 is 0 Å². The number of hydrogen-bond donors (Lipinski definition) is 0. The fourth-order valence-electron chi connectivity index (χ4n) is 5.83. The summed E-state index contributed by atoms with van der Waals surface area (Å²) in [5, 5.41) is 1.59. The third-order valence-electron chi connectivity index (χ3n) is 8.11. The number of nitrogens with zero attached hydrogens (tertiary/aromatic N) is 6. The van der Waals surface area contributed by atoms with Gasteiger partial charge < -0.3 is 4.90 Å². The number of halogens is 1. The van der Waals surface area contributed by atoms with Crippen molar-refractivity contribution in [3.05, 3.63) is 84.0 Å². The molecule has 6 nitrogen and oxygen atoms in total. The molecule has 1 aliphatic heterocycles. The molecule has 1 saturated heterocycles. The van der Waals surface area contributed by atoms with Gasteiger partial charge >= 0.3 is 0 Å². The van der Waals surface area contributed by atoms with Crippen LogP contribution in [0.5, 0.6) is 0 Å². The summed E-state index contributed by atoms with van der Waals surface area (Å²) in [7, 11) is 2.21. The number of fused-ring (bicyclic) bond motifs is 2. The molecular weight excluding hydrogens is 480 g/mol. The highest BCUT2D eigenvalue weighted by Crippen LogP contribution is 2.42. The van der Waals surface area contributed by atoms with E-state index in [1.54, 1.807) is 6.20 Å². The van der Waals surface area contributed by atoms with E-state index in [4.69, 9.17) is 21.6 Å². The van der Waals surface area contributed by atoms with Crippen LogP contribution in [0.15, 0.2) is 73.1 Å². The van der Waals surface area contributed by atoms with Crippen LogP contribution in [-0.2, 0) is 0 Å². The molecule has 5 aromatic rings. The summed E-state index contributed by atoms with van der Waals surface area (Å²) >= 11 is 6.68. The molecule has 7 rings (SSSR count). The van der Waals surface area contributed by atoms with Crippen LogP contribution in [-0.4, -0.2) is 68.4 Å². The number of imidazole rings is 1.